The third-order valence-corrected chi connectivity index (χ3v) is 2.33. The van der Waals surface area contributed by atoms with Gasteiger partial charge < -0.3 is 10.2 Å². The maximum absolute atomic E-state index is 9.90. The number of hydrogen-bond acceptors (Lipinski definition) is 4. The molecular weight excluding hydrogens is 320 g/mol. The van der Waals surface area contributed by atoms with E-state index < -0.39 is 11.9 Å². The molecule has 1 aromatic rings. The van der Waals surface area contributed by atoms with E-state index in [-0.39, 0.29) is 32.3 Å². The maximum atomic E-state index is 9.90. The molecule has 1 rings (SSSR count). The molecule has 19 heavy (non-hydrogen) atoms. The van der Waals surface area contributed by atoms with E-state index in [1.165, 1.54) is 5.56 Å². The van der Waals surface area contributed by atoms with Crippen LogP contribution in [-0.4, -0.2) is 27.1 Å². The zero-order chi connectivity index (χ0) is 13.8. The molecule has 0 unspecified atom stereocenters. The molecule has 0 aromatic carbocycles. The van der Waals surface area contributed by atoms with Gasteiger partial charge in [-0.05, 0) is 30.5 Å². The molecule has 0 saturated heterocycles. The second-order valence-electron chi connectivity index (χ2n) is 3.51. The summed E-state index contributed by atoms with van der Waals surface area (Å²) < 4.78 is 0. The van der Waals surface area contributed by atoms with Crippen molar-refractivity contribution in [1.82, 2.24) is 4.98 Å². The largest absolute Gasteiger partial charge is 0.481 e. The third-order valence-electron chi connectivity index (χ3n) is 1.96. The van der Waals surface area contributed by atoms with Gasteiger partial charge in [0.15, 0.2) is 0 Å². The fourth-order valence-electron chi connectivity index (χ4n) is 1.04. The van der Waals surface area contributed by atoms with Gasteiger partial charge in [-0.15, -0.1) is 0 Å². The maximum Gasteiger partial charge on any atom is 0.303 e. The van der Waals surface area contributed by atoms with E-state index in [1.54, 1.807) is 12.4 Å². The van der Waals surface area contributed by atoms with Gasteiger partial charge in [-0.1, -0.05) is 0 Å². The molecule has 0 aliphatic heterocycles. The number of hydrogen-bond donors (Lipinski definition) is 3. The van der Waals surface area contributed by atoms with Crippen molar-refractivity contribution in [2.75, 3.05) is 0 Å². The van der Waals surface area contributed by atoms with Gasteiger partial charge in [0.2, 0.25) is 0 Å². The second-order valence-corrected chi connectivity index (χ2v) is 3.82. The van der Waals surface area contributed by atoms with E-state index in [9.17, 15) is 9.59 Å². The molecule has 0 radical (unpaired) electrons. The normalized spacial score (nSPS) is 8.68. The number of unbranched alkanes of at least 4 members (excludes halogenated alkanes) is 1. The minimum absolute atomic E-state index is 0. The number of pyridine rings is 1. The summed E-state index contributed by atoms with van der Waals surface area (Å²) in [4.78, 5) is 23.7. The molecule has 0 aliphatic carbocycles. The number of carbonyl (C=O) groups is 2. The summed E-state index contributed by atoms with van der Waals surface area (Å²) in [6, 6.07) is 3.90. The number of nitrogens with zero attached hydrogens (tertiary/aromatic N) is 1. The van der Waals surface area contributed by atoms with Crippen LogP contribution in [0.4, 0.5) is 0 Å². The molecule has 0 atom stereocenters. The monoisotopic (exact) mass is 335 g/mol. The summed E-state index contributed by atoms with van der Waals surface area (Å²) in [5, 5.41) is 16.3. The SMILES string of the molecule is O=C(O)CCCCC(=O)O.SCc1ccncc1.[Zn]. The van der Waals surface area contributed by atoms with Gasteiger partial charge in [-0.3, -0.25) is 14.6 Å². The Morgan fingerprint density at radius 1 is 1.05 bits per heavy atom. The topological polar surface area (TPSA) is 87.5 Å². The van der Waals surface area contributed by atoms with Crippen LogP contribution in [0.2, 0.25) is 0 Å². The molecule has 1 heterocycles. The van der Waals surface area contributed by atoms with Crippen LogP contribution in [0.5, 0.6) is 0 Å². The number of carboxylic acid groups (broad SMARTS) is 2. The fourth-order valence-corrected chi connectivity index (χ4v) is 1.25. The zero-order valence-electron chi connectivity index (χ0n) is 10.7. The Morgan fingerprint density at radius 3 is 1.74 bits per heavy atom. The van der Waals surface area contributed by atoms with E-state index in [0.717, 1.165) is 5.75 Å². The van der Waals surface area contributed by atoms with Crippen LogP contribution >= 0.6 is 12.6 Å². The summed E-state index contributed by atoms with van der Waals surface area (Å²) in [6.07, 6.45) is 4.56. The number of aromatic nitrogens is 1. The van der Waals surface area contributed by atoms with Crippen molar-refractivity contribution < 1.29 is 39.3 Å². The average molecular weight is 337 g/mol. The molecule has 0 aliphatic rings. The van der Waals surface area contributed by atoms with Crippen molar-refractivity contribution in [3.63, 3.8) is 0 Å². The Kier molecular flexibility index (Phi) is 14.5. The number of rotatable bonds is 6. The first-order valence-corrected chi connectivity index (χ1v) is 6.13. The molecule has 0 amide bonds. The van der Waals surface area contributed by atoms with E-state index in [0.29, 0.717) is 12.8 Å². The quantitative estimate of drug-likeness (QED) is 0.421. The van der Waals surface area contributed by atoms with Crippen molar-refractivity contribution in [2.24, 2.45) is 0 Å². The zero-order valence-corrected chi connectivity index (χ0v) is 14.5. The Balaban J connectivity index is 0. The van der Waals surface area contributed by atoms with E-state index >= 15 is 0 Å². The number of carboxylic acids is 2. The molecule has 1 aromatic heterocycles. The molecule has 2 N–H and O–H groups in total. The van der Waals surface area contributed by atoms with Gasteiger partial charge in [0.05, 0.1) is 0 Å². The Bertz CT molecular complexity index is 346. The van der Waals surface area contributed by atoms with Crippen molar-refractivity contribution in [3.05, 3.63) is 30.1 Å². The van der Waals surface area contributed by atoms with E-state index in [1.807, 2.05) is 12.1 Å². The van der Waals surface area contributed by atoms with Crippen molar-refractivity contribution in [2.45, 2.75) is 31.4 Å². The molecule has 5 nitrogen and oxygen atoms in total. The molecule has 7 heteroatoms. The summed E-state index contributed by atoms with van der Waals surface area (Å²) in [6.45, 7) is 0. The average Bonchev–Trinajstić information content (AvgIpc) is 2.36. The van der Waals surface area contributed by atoms with Gasteiger partial charge in [0, 0.05) is 50.5 Å². The van der Waals surface area contributed by atoms with Crippen LogP contribution in [-0.2, 0) is 34.8 Å². The molecule has 0 spiro atoms. The molecule has 0 saturated carbocycles. The first kappa shape index (κ1) is 20.4. The van der Waals surface area contributed by atoms with Gasteiger partial charge in [0.1, 0.15) is 0 Å². The first-order valence-electron chi connectivity index (χ1n) is 5.49. The Morgan fingerprint density at radius 2 is 1.47 bits per heavy atom. The fraction of sp³-hybridized carbons (Fsp3) is 0.417. The minimum atomic E-state index is -0.870. The van der Waals surface area contributed by atoms with E-state index in [2.05, 4.69) is 17.6 Å². The van der Waals surface area contributed by atoms with Crippen LogP contribution in [0.3, 0.4) is 0 Å². The molecule has 0 fully saturated rings. The minimum Gasteiger partial charge on any atom is -0.481 e. The van der Waals surface area contributed by atoms with Crippen molar-refractivity contribution in [3.8, 4) is 0 Å². The van der Waals surface area contributed by atoms with Crippen LogP contribution < -0.4 is 0 Å². The first-order chi connectivity index (χ1) is 8.56. The summed E-state index contributed by atoms with van der Waals surface area (Å²) in [5.74, 6) is -0.946. The van der Waals surface area contributed by atoms with Crippen LogP contribution in [0, 0.1) is 0 Å². The van der Waals surface area contributed by atoms with Gasteiger partial charge in [-0.2, -0.15) is 12.6 Å². The van der Waals surface area contributed by atoms with Crippen molar-refractivity contribution >= 4 is 24.6 Å². The predicted octanol–water partition coefficient (Wildman–Crippen LogP) is 2.22. The van der Waals surface area contributed by atoms with Gasteiger partial charge >= 0.3 is 11.9 Å². The van der Waals surface area contributed by atoms with Gasteiger partial charge in [0.25, 0.3) is 0 Å². The smallest absolute Gasteiger partial charge is 0.303 e. The molecular formula is C12H17NO4SZn. The van der Waals surface area contributed by atoms with E-state index in [4.69, 9.17) is 10.2 Å². The van der Waals surface area contributed by atoms with Crippen LogP contribution in [0.25, 0.3) is 0 Å². The number of thiol groups is 1. The predicted molar refractivity (Wildman–Crippen MR) is 70.7 cm³/mol. The molecule has 102 valence electrons. The standard InChI is InChI=1S/C6H7NS.C6H10O4.Zn/c8-5-6-1-3-7-4-2-6;7-5(8)3-1-2-4-6(9)10;/h1-4,8H,5H2;1-4H2,(H,7,8)(H,9,10);. The molecule has 0 bridgehead atoms. The Hall–Kier alpha value is -0.937. The summed E-state index contributed by atoms with van der Waals surface area (Å²) in [7, 11) is 0. The summed E-state index contributed by atoms with van der Waals surface area (Å²) >= 11 is 4.08. The third kappa shape index (κ3) is 15.0. The number of aliphatic carboxylic acids is 2. The van der Waals surface area contributed by atoms with Crippen molar-refractivity contribution in [1.29, 1.82) is 0 Å². The van der Waals surface area contributed by atoms with Crippen LogP contribution in [0.15, 0.2) is 24.5 Å². The summed E-state index contributed by atoms with van der Waals surface area (Å²) in [5.41, 5.74) is 1.21. The second kappa shape index (κ2) is 13.5. The van der Waals surface area contributed by atoms with Gasteiger partial charge in [-0.25, -0.2) is 0 Å². The van der Waals surface area contributed by atoms with Crippen LogP contribution in [0.1, 0.15) is 31.2 Å². The Labute approximate surface area is 130 Å².